The number of amides is 1. The minimum Gasteiger partial charge on any atom is -0.319 e. The van der Waals surface area contributed by atoms with Gasteiger partial charge in [0.05, 0.1) is 0 Å². The summed E-state index contributed by atoms with van der Waals surface area (Å²) in [6.45, 7) is 4.72. The number of fused-ring (bicyclic) bond motifs is 5. The lowest BCUT2D eigenvalue weighted by atomic mass is 9.49. The Bertz CT molecular complexity index is 906. The summed E-state index contributed by atoms with van der Waals surface area (Å²) in [6.07, 6.45) is 13.7. The van der Waals surface area contributed by atoms with Gasteiger partial charge in [-0.2, -0.15) is 0 Å². The van der Waals surface area contributed by atoms with E-state index in [2.05, 4.69) is 31.0 Å². The molecule has 28 heavy (non-hydrogen) atoms. The van der Waals surface area contributed by atoms with Crippen molar-refractivity contribution >= 4 is 11.5 Å². The summed E-state index contributed by atoms with van der Waals surface area (Å²) in [5, 5.41) is 0. The average molecular weight is 381 g/mol. The van der Waals surface area contributed by atoms with Gasteiger partial charge in [0.1, 0.15) is 5.82 Å². The van der Waals surface area contributed by atoms with Gasteiger partial charge in [-0.25, -0.2) is 4.39 Å². The van der Waals surface area contributed by atoms with Crippen LogP contribution in [0.2, 0.25) is 0 Å². The summed E-state index contributed by atoms with van der Waals surface area (Å²) in [5.41, 5.74) is 3.21. The van der Waals surface area contributed by atoms with Gasteiger partial charge in [0.15, 0.2) is 0 Å². The van der Waals surface area contributed by atoms with Gasteiger partial charge in [-0.05, 0) is 66.9 Å². The van der Waals surface area contributed by atoms with E-state index in [-0.39, 0.29) is 22.6 Å². The number of likely N-dealkylation sites (tertiary alicyclic amines) is 1. The molecule has 1 amide bonds. The lowest BCUT2D eigenvalue weighted by Gasteiger charge is -2.58. The average Bonchev–Trinajstić information content (AvgIpc) is 3.03. The molecule has 5 rings (SSSR count). The van der Waals surface area contributed by atoms with Crippen LogP contribution in [0.4, 0.5) is 4.39 Å². The second kappa shape index (κ2) is 6.01. The normalized spacial score (nSPS) is 39.6. The molecule has 148 valence electrons. The van der Waals surface area contributed by atoms with Crippen LogP contribution in [-0.2, 0) is 4.79 Å². The Balaban J connectivity index is 1.50. The maximum Gasteiger partial charge on any atom is 0.226 e. The number of rotatable bonds is 1. The lowest BCUT2D eigenvalue weighted by Crippen LogP contribution is -2.53. The Morgan fingerprint density at radius 2 is 1.96 bits per heavy atom. The first-order valence-corrected chi connectivity index (χ1v) is 10.6. The molecule has 0 radical (unpaired) electrons. The van der Waals surface area contributed by atoms with E-state index in [9.17, 15) is 9.18 Å². The highest BCUT2D eigenvalue weighted by Crippen LogP contribution is 2.66. The molecule has 1 saturated heterocycles. The smallest absolute Gasteiger partial charge is 0.226 e. The molecule has 1 aliphatic heterocycles. The molecule has 1 aromatic rings. The molecule has 5 atom stereocenters. The van der Waals surface area contributed by atoms with Gasteiger partial charge < -0.3 is 4.90 Å². The van der Waals surface area contributed by atoms with Crippen molar-refractivity contribution in [2.45, 2.75) is 52.4 Å². The number of nitrogens with zero attached hydrogens (tertiary/aromatic N) is 2. The van der Waals surface area contributed by atoms with Crippen molar-refractivity contribution in [2.24, 2.45) is 28.6 Å². The molecule has 0 spiro atoms. The molecule has 1 saturated carbocycles. The van der Waals surface area contributed by atoms with Gasteiger partial charge >= 0.3 is 0 Å². The van der Waals surface area contributed by atoms with E-state index in [1.165, 1.54) is 18.0 Å². The van der Waals surface area contributed by atoms with Crippen LogP contribution in [0.15, 0.2) is 36.3 Å². The van der Waals surface area contributed by atoms with E-state index >= 15 is 0 Å². The number of allylic oxidation sites excluding steroid dienone is 4. The van der Waals surface area contributed by atoms with Crippen molar-refractivity contribution in [1.82, 2.24) is 9.88 Å². The van der Waals surface area contributed by atoms with Crippen molar-refractivity contribution in [3.63, 3.8) is 0 Å². The van der Waals surface area contributed by atoms with E-state index in [1.807, 2.05) is 11.9 Å². The van der Waals surface area contributed by atoms with Gasteiger partial charge in [0, 0.05) is 42.5 Å². The molecule has 1 aromatic heterocycles. The molecule has 2 fully saturated rings. The fourth-order valence-electron chi connectivity index (χ4n) is 7.14. The Morgan fingerprint density at radius 3 is 2.75 bits per heavy atom. The zero-order valence-electron chi connectivity index (χ0n) is 17.0. The predicted octanol–water partition coefficient (Wildman–Crippen LogP) is 5.20. The van der Waals surface area contributed by atoms with Crippen molar-refractivity contribution < 1.29 is 9.18 Å². The van der Waals surface area contributed by atoms with E-state index < -0.39 is 0 Å². The van der Waals surface area contributed by atoms with Crippen molar-refractivity contribution in [3.05, 3.63) is 47.7 Å². The first-order chi connectivity index (χ1) is 13.4. The molecule has 3 nitrogen and oxygen atoms in total. The second-order valence-electron chi connectivity index (χ2n) is 9.74. The molecule has 2 heterocycles. The molecular weight excluding hydrogens is 351 g/mol. The fraction of sp³-hybridized carbons (Fsp3) is 0.583. The molecule has 0 aromatic carbocycles. The van der Waals surface area contributed by atoms with Gasteiger partial charge in [-0.1, -0.05) is 26.0 Å². The standard InChI is InChI=1S/C24H29FN2O/c1-23-11-8-19-15(4-7-21-24(19,2)12-9-22(28)27(21)3)17(23)5-6-18(23)16-14-26-13-10-20(16)25/h6-7,10,13-15,17,19H,4-5,8-9,11-12H2,1-3H3/t15-,17-,19-,23-,24+/m0/s1. The molecule has 0 N–H and O–H groups in total. The van der Waals surface area contributed by atoms with Crippen molar-refractivity contribution in [2.75, 3.05) is 7.05 Å². The van der Waals surface area contributed by atoms with Crippen molar-refractivity contribution in [1.29, 1.82) is 0 Å². The fourth-order valence-corrected chi connectivity index (χ4v) is 7.14. The summed E-state index contributed by atoms with van der Waals surface area (Å²) >= 11 is 0. The Kier molecular flexibility index (Phi) is 3.88. The third kappa shape index (κ3) is 2.26. The van der Waals surface area contributed by atoms with Crippen LogP contribution in [-0.4, -0.2) is 22.8 Å². The highest BCUT2D eigenvalue weighted by molar-refractivity contribution is 5.79. The summed E-state index contributed by atoms with van der Waals surface area (Å²) < 4.78 is 14.5. The molecule has 4 heteroatoms. The molecule has 0 unspecified atom stereocenters. The summed E-state index contributed by atoms with van der Waals surface area (Å²) in [4.78, 5) is 18.4. The minimum atomic E-state index is -0.157. The van der Waals surface area contributed by atoms with Gasteiger partial charge in [-0.15, -0.1) is 0 Å². The quantitative estimate of drug-likeness (QED) is 0.671. The predicted molar refractivity (Wildman–Crippen MR) is 107 cm³/mol. The first-order valence-electron chi connectivity index (χ1n) is 10.6. The van der Waals surface area contributed by atoms with Crippen LogP contribution in [0.25, 0.3) is 5.57 Å². The first kappa shape index (κ1) is 18.1. The number of hydrogen-bond acceptors (Lipinski definition) is 2. The number of aromatic nitrogens is 1. The maximum absolute atomic E-state index is 14.5. The van der Waals surface area contributed by atoms with Gasteiger partial charge in [-0.3, -0.25) is 9.78 Å². The third-order valence-corrected chi connectivity index (χ3v) is 8.66. The van der Waals surface area contributed by atoms with Crippen LogP contribution in [0.5, 0.6) is 0 Å². The van der Waals surface area contributed by atoms with Crippen LogP contribution < -0.4 is 0 Å². The largest absolute Gasteiger partial charge is 0.319 e. The number of carbonyl (C=O) groups excluding carboxylic acids is 1. The molecule has 4 aliphatic rings. The maximum atomic E-state index is 14.5. The zero-order valence-corrected chi connectivity index (χ0v) is 17.0. The zero-order chi connectivity index (χ0) is 19.7. The highest BCUT2D eigenvalue weighted by Gasteiger charge is 2.57. The van der Waals surface area contributed by atoms with Crippen LogP contribution >= 0.6 is 0 Å². The van der Waals surface area contributed by atoms with Crippen molar-refractivity contribution in [3.8, 4) is 0 Å². The third-order valence-electron chi connectivity index (χ3n) is 8.66. The van der Waals surface area contributed by atoms with Crippen LogP contribution in [0.1, 0.15) is 57.9 Å². The Labute approximate surface area is 166 Å². The van der Waals surface area contributed by atoms with Crippen LogP contribution in [0, 0.1) is 34.4 Å². The second-order valence-corrected chi connectivity index (χ2v) is 9.74. The van der Waals surface area contributed by atoms with Crippen LogP contribution in [0.3, 0.4) is 0 Å². The molecule has 3 aliphatic carbocycles. The topological polar surface area (TPSA) is 33.2 Å². The van der Waals surface area contributed by atoms with Gasteiger partial charge in [0.25, 0.3) is 0 Å². The number of carbonyl (C=O) groups is 1. The number of halogens is 1. The Hall–Kier alpha value is -1.97. The monoisotopic (exact) mass is 380 g/mol. The van der Waals surface area contributed by atoms with E-state index in [0.29, 0.717) is 29.7 Å². The number of hydrogen-bond donors (Lipinski definition) is 0. The summed E-state index contributed by atoms with van der Waals surface area (Å²) in [7, 11) is 1.94. The molecule has 0 bridgehead atoms. The number of pyridine rings is 1. The lowest BCUT2D eigenvalue weighted by molar-refractivity contribution is -0.135. The number of piperidine rings is 1. The van der Waals surface area contributed by atoms with E-state index in [0.717, 1.165) is 37.7 Å². The van der Waals surface area contributed by atoms with E-state index in [4.69, 9.17) is 0 Å². The van der Waals surface area contributed by atoms with E-state index in [1.54, 1.807) is 6.20 Å². The summed E-state index contributed by atoms with van der Waals surface area (Å²) in [6, 6.07) is 1.48. The summed E-state index contributed by atoms with van der Waals surface area (Å²) in [5.74, 6) is 1.84. The Morgan fingerprint density at radius 1 is 1.14 bits per heavy atom. The highest BCUT2D eigenvalue weighted by atomic mass is 19.1. The SMILES string of the molecule is CN1C(=O)CC[C@@]2(C)C1=CC[C@@H]1[C@@H]2CC[C@]2(C)C(c3cnccc3F)=CC[C@@H]12. The van der Waals surface area contributed by atoms with Gasteiger partial charge in [0.2, 0.25) is 5.91 Å². The minimum absolute atomic E-state index is 0.0170. The molecular formula is C24H29FN2O.